The van der Waals surface area contributed by atoms with Gasteiger partial charge < -0.3 is 9.47 Å². The van der Waals surface area contributed by atoms with Crippen molar-refractivity contribution in [2.24, 2.45) is 4.99 Å². The Morgan fingerprint density at radius 2 is 1.68 bits per heavy atom. The van der Waals surface area contributed by atoms with Gasteiger partial charge in [-0.1, -0.05) is 72.8 Å². The maximum absolute atomic E-state index is 13.8. The molecular formula is C31H25N3O5S. The zero-order valence-electron chi connectivity index (χ0n) is 21.6. The van der Waals surface area contributed by atoms with Gasteiger partial charge in [-0.25, -0.2) is 4.79 Å². The molecule has 0 aliphatic carbocycles. The van der Waals surface area contributed by atoms with E-state index in [0.29, 0.717) is 16.9 Å². The number of thioether (sulfide) groups is 1. The van der Waals surface area contributed by atoms with Crippen LogP contribution in [0.25, 0.3) is 0 Å². The number of esters is 2. The lowest BCUT2D eigenvalue weighted by atomic mass is 10.0. The van der Waals surface area contributed by atoms with Crippen LogP contribution in [0.5, 0.6) is 0 Å². The van der Waals surface area contributed by atoms with Gasteiger partial charge >= 0.3 is 11.9 Å². The van der Waals surface area contributed by atoms with Crippen molar-refractivity contribution >= 4 is 35.8 Å². The minimum absolute atomic E-state index is 0.0942. The summed E-state index contributed by atoms with van der Waals surface area (Å²) >= 11 is 1.45. The van der Waals surface area contributed by atoms with Gasteiger partial charge in [-0.15, -0.1) is 11.8 Å². The standard InChI is InChI=1S/C31H25N3O5S/c1-20(35)38-18-25-19-40-30-26(33-17-22-14-12-21(16-32)13-15-22)29(36)34(30)27(25)31(37)39-28(23-8-4-2-5-9-23)24-10-6-3-7-11-24/h2-15,17,26,28,30H,18-19H2,1H3/t26-,30-/m1/s1. The Balaban J connectivity index is 1.42. The van der Waals surface area contributed by atoms with E-state index in [4.69, 9.17) is 14.7 Å². The summed E-state index contributed by atoms with van der Waals surface area (Å²) in [5.41, 5.74) is 3.45. The molecule has 0 saturated carbocycles. The summed E-state index contributed by atoms with van der Waals surface area (Å²) < 4.78 is 11.3. The minimum atomic E-state index is -0.702. The number of aliphatic imine (C=N–C) groups is 1. The van der Waals surface area contributed by atoms with Crippen LogP contribution < -0.4 is 0 Å². The molecule has 0 unspecified atom stereocenters. The highest BCUT2D eigenvalue weighted by atomic mass is 32.2. The molecule has 0 bridgehead atoms. The van der Waals surface area contributed by atoms with Crippen molar-refractivity contribution in [3.05, 3.63) is 118 Å². The second kappa shape index (κ2) is 12.0. The summed E-state index contributed by atoms with van der Waals surface area (Å²) in [5.74, 6) is -1.13. The van der Waals surface area contributed by atoms with E-state index < -0.39 is 29.5 Å². The largest absolute Gasteiger partial charge is 0.461 e. The predicted octanol–water partition coefficient (Wildman–Crippen LogP) is 4.41. The minimum Gasteiger partial charge on any atom is -0.461 e. The predicted molar refractivity (Wildman–Crippen MR) is 150 cm³/mol. The van der Waals surface area contributed by atoms with Gasteiger partial charge in [0.1, 0.15) is 17.7 Å². The Morgan fingerprint density at radius 1 is 1.05 bits per heavy atom. The van der Waals surface area contributed by atoms with E-state index in [1.807, 2.05) is 60.7 Å². The Morgan fingerprint density at radius 3 is 2.25 bits per heavy atom. The highest BCUT2D eigenvalue weighted by molar-refractivity contribution is 8.00. The normalized spacial score (nSPS) is 18.2. The zero-order chi connectivity index (χ0) is 28.1. The molecule has 0 radical (unpaired) electrons. The third-order valence-electron chi connectivity index (χ3n) is 6.52. The second-order valence-corrected chi connectivity index (χ2v) is 10.3. The summed E-state index contributed by atoms with van der Waals surface area (Å²) in [6.45, 7) is 1.17. The van der Waals surface area contributed by atoms with E-state index in [1.165, 1.54) is 23.6 Å². The van der Waals surface area contributed by atoms with Gasteiger partial charge in [-0.3, -0.25) is 19.5 Å². The van der Waals surface area contributed by atoms with E-state index >= 15 is 0 Å². The fourth-order valence-corrected chi connectivity index (χ4v) is 5.83. The third kappa shape index (κ3) is 5.67. The van der Waals surface area contributed by atoms with E-state index in [2.05, 4.69) is 11.1 Å². The van der Waals surface area contributed by atoms with Gasteiger partial charge in [0.25, 0.3) is 5.91 Å². The van der Waals surface area contributed by atoms with Gasteiger partial charge in [0, 0.05) is 24.5 Å². The molecule has 8 nitrogen and oxygen atoms in total. The van der Waals surface area contributed by atoms with Crippen LogP contribution in [0, 0.1) is 11.3 Å². The summed E-state index contributed by atoms with van der Waals surface area (Å²) in [7, 11) is 0. The van der Waals surface area contributed by atoms with Gasteiger partial charge in [0.05, 0.1) is 11.6 Å². The summed E-state index contributed by atoms with van der Waals surface area (Å²) in [4.78, 5) is 44.6. The second-order valence-electron chi connectivity index (χ2n) is 9.21. The summed E-state index contributed by atoms with van der Waals surface area (Å²) in [6, 6.07) is 27.0. The molecule has 40 heavy (non-hydrogen) atoms. The number of hydrogen-bond acceptors (Lipinski definition) is 8. The first kappa shape index (κ1) is 26.9. The molecule has 1 fully saturated rings. The Bertz CT molecular complexity index is 1470. The molecule has 200 valence electrons. The number of carbonyl (C=O) groups excluding carboxylic acids is 3. The van der Waals surface area contributed by atoms with Crippen molar-refractivity contribution < 1.29 is 23.9 Å². The van der Waals surface area contributed by atoms with E-state index in [0.717, 1.165) is 16.7 Å². The molecule has 2 aliphatic heterocycles. The summed E-state index contributed by atoms with van der Waals surface area (Å²) in [5, 5.41) is 8.59. The van der Waals surface area contributed by atoms with Crippen molar-refractivity contribution in [1.82, 2.24) is 4.90 Å². The fourth-order valence-electron chi connectivity index (χ4n) is 4.51. The molecule has 2 atom stereocenters. The Hall–Kier alpha value is -4.68. The van der Waals surface area contributed by atoms with Gasteiger partial charge in [-0.05, 0) is 28.8 Å². The zero-order valence-corrected chi connectivity index (χ0v) is 22.4. The number of benzene rings is 3. The molecule has 0 aromatic heterocycles. The number of hydrogen-bond donors (Lipinski definition) is 0. The number of β-lactam (4-membered cyclic amide) rings is 1. The van der Waals surface area contributed by atoms with Crippen LogP contribution in [0.15, 0.2) is 101 Å². The molecule has 0 spiro atoms. The van der Waals surface area contributed by atoms with Crippen LogP contribution >= 0.6 is 11.8 Å². The van der Waals surface area contributed by atoms with Crippen LogP contribution in [0.2, 0.25) is 0 Å². The van der Waals surface area contributed by atoms with Gasteiger partial charge in [-0.2, -0.15) is 5.26 Å². The molecule has 1 amide bonds. The maximum Gasteiger partial charge on any atom is 0.356 e. The van der Waals surface area contributed by atoms with Crippen molar-refractivity contribution in [2.45, 2.75) is 24.4 Å². The van der Waals surface area contributed by atoms with E-state index in [-0.39, 0.29) is 18.2 Å². The lowest BCUT2D eigenvalue weighted by Gasteiger charge is -2.48. The van der Waals surface area contributed by atoms with E-state index in [1.54, 1.807) is 30.5 Å². The topological polar surface area (TPSA) is 109 Å². The number of carbonyl (C=O) groups is 3. The smallest absolute Gasteiger partial charge is 0.356 e. The van der Waals surface area contributed by atoms with Crippen LogP contribution in [0.1, 0.15) is 35.3 Å². The number of amides is 1. The first-order valence-electron chi connectivity index (χ1n) is 12.6. The van der Waals surface area contributed by atoms with E-state index in [9.17, 15) is 14.4 Å². The molecule has 2 heterocycles. The highest BCUT2D eigenvalue weighted by Crippen LogP contribution is 2.43. The van der Waals surface area contributed by atoms with Crippen molar-refractivity contribution in [2.75, 3.05) is 12.4 Å². The Labute approximate surface area is 235 Å². The SMILES string of the molecule is CC(=O)OCC1=C(C(=O)OC(c2ccccc2)c2ccccc2)N2C(=O)[C@@H](N=Cc3ccc(C#N)cc3)[C@H]2SC1. The van der Waals surface area contributed by atoms with Gasteiger partial charge in [0.15, 0.2) is 12.1 Å². The number of nitriles is 1. The fraction of sp³-hybridized carbons (Fsp3) is 0.194. The Kier molecular flexibility index (Phi) is 8.08. The molecule has 1 saturated heterocycles. The monoisotopic (exact) mass is 551 g/mol. The lowest BCUT2D eigenvalue weighted by molar-refractivity contribution is -0.153. The summed E-state index contributed by atoms with van der Waals surface area (Å²) in [6.07, 6.45) is 0.894. The molecule has 0 N–H and O–H groups in total. The van der Waals surface area contributed by atoms with Gasteiger partial charge in [0.2, 0.25) is 0 Å². The van der Waals surface area contributed by atoms with Crippen molar-refractivity contribution in [3.8, 4) is 6.07 Å². The quantitative estimate of drug-likeness (QED) is 0.232. The van der Waals surface area contributed by atoms with Crippen LogP contribution in [0.4, 0.5) is 0 Å². The molecule has 3 aromatic carbocycles. The number of rotatable bonds is 8. The first-order valence-corrected chi connectivity index (χ1v) is 13.7. The van der Waals surface area contributed by atoms with Crippen LogP contribution in [-0.2, 0) is 23.9 Å². The molecule has 3 aromatic rings. The molecule has 2 aliphatic rings. The first-order chi connectivity index (χ1) is 19.5. The van der Waals surface area contributed by atoms with Crippen LogP contribution in [0.3, 0.4) is 0 Å². The average molecular weight is 552 g/mol. The van der Waals surface area contributed by atoms with Crippen LogP contribution in [-0.4, -0.2) is 52.7 Å². The lowest BCUT2D eigenvalue weighted by Crippen LogP contribution is -2.64. The number of ether oxygens (including phenoxy) is 2. The molecule has 9 heteroatoms. The molecular weight excluding hydrogens is 526 g/mol. The van der Waals surface area contributed by atoms with Crippen molar-refractivity contribution in [1.29, 1.82) is 5.26 Å². The maximum atomic E-state index is 13.8. The van der Waals surface area contributed by atoms with Crippen molar-refractivity contribution in [3.63, 3.8) is 0 Å². The molecule has 5 rings (SSSR count). The third-order valence-corrected chi connectivity index (χ3v) is 7.84. The average Bonchev–Trinajstić information content (AvgIpc) is 2.99. The highest BCUT2D eigenvalue weighted by Gasteiger charge is 2.54. The number of nitrogens with zero attached hydrogens (tertiary/aromatic N) is 3. The number of fused-ring (bicyclic) bond motifs is 1.